The summed E-state index contributed by atoms with van der Waals surface area (Å²) in [5.74, 6) is -0.917. The third-order valence-corrected chi connectivity index (χ3v) is 2.51. The Morgan fingerprint density at radius 3 is 2.42 bits per heavy atom. The van der Waals surface area contributed by atoms with Gasteiger partial charge in [0.05, 0.1) is 17.6 Å². The second-order valence-corrected chi connectivity index (χ2v) is 3.92. The molecule has 0 aliphatic carbocycles. The molecule has 1 heterocycles. The van der Waals surface area contributed by atoms with Crippen molar-refractivity contribution in [2.75, 3.05) is 6.61 Å². The van der Waals surface area contributed by atoms with Gasteiger partial charge in [0.15, 0.2) is 22.4 Å². The minimum atomic E-state index is -4.74. The van der Waals surface area contributed by atoms with Crippen LogP contribution in [-0.4, -0.2) is 16.6 Å². The van der Waals surface area contributed by atoms with Crippen molar-refractivity contribution in [1.29, 1.82) is 0 Å². The van der Waals surface area contributed by atoms with E-state index in [9.17, 15) is 17.6 Å². The van der Waals surface area contributed by atoms with E-state index in [1.54, 1.807) is 6.92 Å². The van der Waals surface area contributed by atoms with Crippen LogP contribution in [0.1, 0.15) is 12.6 Å². The zero-order valence-electron chi connectivity index (χ0n) is 9.55. The molecule has 0 bridgehead atoms. The fourth-order valence-electron chi connectivity index (χ4n) is 1.48. The zero-order valence-corrected chi connectivity index (χ0v) is 10.3. The van der Waals surface area contributed by atoms with E-state index in [1.807, 2.05) is 0 Å². The molecule has 2 aromatic rings. The number of alkyl halides is 3. The first-order valence-corrected chi connectivity index (χ1v) is 5.57. The molecule has 1 aromatic carbocycles. The molecule has 2 rings (SSSR count). The van der Waals surface area contributed by atoms with Crippen LogP contribution in [0.2, 0.25) is 5.15 Å². The minimum Gasteiger partial charge on any atom is -0.491 e. The lowest BCUT2D eigenvalue weighted by atomic mass is 10.2. The van der Waals surface area contributed by atoms with Gasteiger partial charge >= 0.3 is 6.18 Å². The Morgan fingerprint density at radius 2 is 1.84 bits per heavy atom. The van der Waals surface area contributed by atoms with E-state index < -0.39 is 22.8 Å². The van der Waals surface area contributed by atoms with Gasteiger partial charge in [0.25, 0.3) is 0 Å². The lowest BCUT2D eigenvalue weighted by Gasteiger charge is -2.10. The summed E-state index contributed by atoms with van der Waals surface area (Å²) in [6.07, 6.45) is -4.74. The molecule has 0 saturated heterocycles. The van der Waals surface area contributed by atoms with Crippen LogP contribution in [-0.2, 0) is 6.18 Å². The molecule has 3 nitrogen and oxygen atoms in total. The highest BCUT2D eigenvalue weighted by atomic mass is 35.5. The monoisotopic (exact) mass is 294 g/mol. The Hall–Kier alpha value is -1.63. The third kappa shape index (κ3) is 2.70. The lowest BCUT2D eigenvalue weighted by molar-refractivity contribution is -0.141. The summed E-state index contributed by atoms with van der Waals surface area (Å²) in [4.78, 5) is 6.86. The van der Waals surface area contributed by atoms with Crippen molar-refractivity contribution in [3.05, 3.63) is 28.8 Å². The van der Waals surface area contributed by atoms with Crippen LogP contribution >= 0.6 is 11.6 Å². The molecule has 0 saturated carbocycles. The number of halogens is 5. The van der Waals surface area contributed by atoms with Gasteiger partial charge in [-0.05, 0) is 6.92 Å². The van der Waals surface area contributed by atoms with Crippen LogP contribution in [0.4, 0.5) is 17.6 Å². The molecule has 0 amide bonds. The molecule has 0 aliphatic heterocycles. The van der Waals surface area contributed by atoms with Gasteiger partial charge in [-0.25, -0.2) is 14.4 Å². The number of hydrogen-bond donors (Lipinski definition) is 0. The third-order valence-electron chi connectivity index (χ3n) is 2.24. The fraction of sp³-hybridized carbons (Fsp3) is 0.273. The van der Waals surface area contributed by atoms with Gasteiger partial charge in [-0.3, -0.25) is 0 Å². The van der Waals surface area contributed by atoms with E-state index >= 15 is 0 Å². The van der Waals surface area contributed by atoms with Crippen molar-refractivity contribution in [3.63, 3.8) is 0 Å². The Bertz CT molecular complexity index is 630. The maximum absolute atomic E-state index is 13.5. The molecule has 0 N–H and O–H groups in total. The standard InChI is InChI=1S/C11H7ClF4N2O/c1-2-19-8-4-7-6(3-5(8)13)17-9(10(12)18-7)11(14,15)16/h3-4H,2H2,1H3. The van der Waals surface area contributed by atoms with Gasteiger partial charge in [0.2, 0.25) is 0 Å². The fourth-order valence-corrected chi connectivity index (χ4v) is 1.72. The predicted octanol–water partition coefficient (Wildman–Crippen LogP) is 3.84. The van der Waals surface area contributed by atoms with E-state index in [-0.39, 0.29) is 23.4 Å². The van der Waals surface area contributed by atoms with E-state index in [2.05, 4.69) is 9.97 Å². The number of ether oxygens (including phenoxy) is 1. The largest absolute Gasteiger partial charge is 0.491 e. The quantitative estimate of drug-likeness (QED) is 0.789. The molecule has 0 unspecified atom stereocenters. The summed E-state index contributed by atoms with van der Waals surface area (Å²) in [6, 6.07) is 1.99. The van der Waals surface area contributed by atoms with Gasteiger partial charge in [0, 0.05) is 12.1 Å². The Labute approximate surface area is 110 Å². The highest BCUT2D eigenvalue weighted by Crippen LogP contribution is 2.34. The average molecular weight is 295 g/mol. The molecule has 1 aromatic heterocycles. The zero-order chi connectivity index (χ0) is 14.2. The average Bonchev–Trinajstić information content (AvgIpc) is 2.29. The maximum Gasteiger partial charge on any atom is 0.436 e. The summed E-state index contributed by atoms with van der Waals surface area (Å²) in [6.45, 7) is 1.86. The number of aromatic nitrogens is 2. The summed E-state index contributed by atoms with van der Waals surface area (Å²) < 4.78 is 56.2. The van der Waals surface area contributed by atoms with E-state index in [1.165, 1.54) is 0 Å². The number of fused-ring (bicyclic) bond motifs is 1. The molecule has 102 valence electrons. The maximum atomic E-state index is 13.5. The smallest absolute Gasteiger partial charge is 0.436 e. The summed E-state index contributed by atoms with van der Waals surface area (Å²) in [7, 11) is 0. The van der Waals surface area contributed by atoms with Crippen molar-refractivity contribution in [1.82, 2.24) is 9.97 Å². The first kappa shape index (κ1) is 13.8. The Kier molecular flexibility index (Phi) is 3.49. The van der Waals surface area contributed by atoms with Crippen molar-refractivity contribution in [3.8, 4) is 5.75 Å². The molecule has 0 fully saturated rings. The van der Waals surface area contributed by atoms with Gasteiger partial charge in [-0.1, -0.05) is 11.6 Å². The van der Waals surface area contributed by atoms with Crippen molar-refractivity contribution in [2.45, 2.75) is 13.1 Å². The molecular formula is C11H7ClF4N2O. The summed E-state index contributed by atoms with van der Waals surface area (Å²) in [5, 5.41) is -0.783. The Morgan fingerprint density at radius 1 is 1.21 bits per heavy atom. The number of hydrogen-bond acceptors (Lipinski definition) is 3. The van der Waals surface area contributed by atoms with Crippen LogP contribution < -0.4 is 4.74 Å². The van der Waals surface area contributed by atoms with Crippen LogP contribution in [0, 0.1) is 5.82 Å². The van der Waals surface area contributed by atoms with Crippen molar-refractivity contribution >= 4 is 22.6 Å². The van der Waals surface area contributed by atoms with Crippen LogP contribution in [0.5, 0.6) is 5.75 Å². The molecular weight excluding hydrogens is 288 g/mol. The molecule has 8 heteroatoms. The predicted molar refractivity (Wildman–Crippen MR) is 60.7 cm³/mol. The normalized spacial score (nSPS) is 11.9. The SMILES string of the molecule is CCOc1cc2nc(Cl)c(C(F)(F)F)nc2cc1F. The molecule has 0 aliphatic rings. The van der Waals surface area contributed by atoms with Gasteiger partial charge in [-0.2, -0.15) is 13.2 Å². The van der Waals surface area contributed by atoms with E-state index in [0.717, 1.165) is 12.1 Å². The summed E-state index contributed by atoms with van der Waals surface area (Å²) in [5.41, 5.74) is -1.55. The van der Waals surface area contributed by atoms with Crippen LogP contribution in [0.25, 0.3) is 11.0 Å². The second-order valence-electron chi connectivity index (χ2n) is 3.57. The second kappa shape index (κ2) is 4.80. The molecule has 0 atom stereocenters. The number of nitrogens with zero attached hydrogens (tertiary/aromatic N) is 2. The first-order chi connectivity index (χ1) is 8.82. The summed E-state index contributed by atoms with van der Waals surface area (Å²) >= 11 is 5.43. The lowest BCUT2D eigenvalue weighted by Crippen LogP contribution is -2.10. The van der Waals surface area contributed by atoms with E-state index in [4.69, 9.17) is 16.3 Å². The number of benzene rings is 1. The molecule has 19 heavy (non-hydrogen) atoms. The van der Waals surface area contributed by atoms with Crippen molar-refractivity contribution < 1.29 is 22.3 Å². The molecule has 0 spiro atoms. The Balaban J connectivity index is 2.65. The van der Waals surface area contributed by atoms with Gasteiger partial charge in [0.1, 0.15) is 0 Å². The number of rotatable bonds is 2. The minimum absolute atomic E-state index is 0.0304. The van der Waals surface area contributed by atoms with Gasteiger partial charge in [-0.15, -0.1) is 0 Å². The topological polar surface area (TPSA) is 35.0 Å². The van der Waals surface area contributed by atoms with Crippen molar-refractivity contribution in [2.24, 2.45) is 0 Å². The van der Waals surface area contributed by atoms with Gasteiger partial charge < -0.3 is 4.74 Å². The molecule has 0 radical (unpaired) electrons. The van der Waals surface area contributed by atoms with E-state index in [0.29, 0.717) is 0 Å². The van der Waals surface area contributed by atoms with Crippen LogP contribution in [0.15, 0.2) is 12.1 Å². The highest BCUT2D eigenvalue weighted by Gasteiger charge is 2.36. The first-order valence-electron chi connectivity index (χ1n) is 5.19. The van der Waals surface area contributed by atoms with Crippen LogP contribution in [0.3, 0.4) is 0 Å². The highest BCUT2D eigenvalue weighted by molar-refractivity contribution is 6.30.